The van der Waals surface area contributed by atoms with E-state index in [9.17, 15) is 14.4 Å². The van der Waals surface area contributed by atoms with Gasteiger partial charge < -0.3 is 4.90 Å². The van der Waals surface area contributed by atoms with Crippen LogP contribution < -0.4 is 4.90 Å². The fraction of sp³-hybridized carbons (Fsp3) is 0.208. The number of carbonyl (C=O) groups excluding carboxylic acids is 3. The van der Waals surface area contributed by atoms with Crippen LogP contribution >= 0.6 is 0 Å². The van der Waals surface area contributed by atoms with E-state index in [1.807, 2.05) is 18.2 Å². The van der Waals surface area contributed by atoms with Crippen LogP contribution in [0, 0.1) is 0 Å². The second kappa shape index (κ2) is 6.99. The fourth-order valence-corrected chi connectivity index (χ4v) is 3.97. The van der Waals surface area contributed by atoms with Gasteiger partial charge in [0.05, 0.1) is 0 Å². The molecule has 0 N–H and O–H groups in total. The molecule has 3 aliphatic rings. The third-order valence-electron chi connectivity index (χ3n) is 5.76. The molecule has 1 fully saturated rings. The Kier molecular flexibility index (Phi) is 4.57. The molecule has 3 aliphatic heterocycles. The fourth-order valence-electron chi connectivity index (χ4n) is 3.97. The van der Waals surface area contributed by atoms with E-state index in [4.69, 9.17) is 0 Å². The van der Waals surface area contributed by atoms with Crippen LogP contribution in [0.15, 0.2) is 83.8 Å². The Morgan fingerprint density at radius 1 is 0.900 bits per heavy atom. The Morgan fingerprint density at radius 2 is 1.53 bits per heavy atom. The number of carbonyl (C=O) groups is 3. The lowest BCUT2D eigenvalue weighted by molar-refractivity contribution is -0.134. The standard InChI is InChI=1S/C24H23N3O3/c1-24(2)18-11-7-8-12-19(18)27-14-13-16(15-20(24)27)9-5-6-10-17-21(28)25(3)23(30)26(4)22(17)29/h5-15H,1-4H3/b6-5+,16-9+. The number of allylic oxidation sites excluding steroid dienone is 8. The van der Waals surface area contributed by atoms with Gasteiger partial charge in [-0.25, -0.2) is 4.79 Å². The summed E-state index contributed by atoms with van der Waals surface area (Å²) < 4.78 is 0. The number of amides is 4. The average Bonchev–Trinajstić information content (AvgIpc) is 2.97. The second-order valence-electron chi connectivity index (χ2n) is 8.00. The highest BCUT2D eigenvalue weighted by atomic mass is 16.2. The number of imide groups is 2. The zero-order valence-corrected chi connectivity index (χ0v) is 17.4. The quantitative estimate of drug-likeness (QED) is 0.561. The zero-order chi connectivity index (χ0) is 21.6. The molecule has 0 unspecified atom stereocenters. The molecule has 4 rings (SSSR count). The largest absolute Gasteiger partial charge is 0.333 e. The van der Waals surface area contributed by atoms with Gasteiger partial charge in [0.15, 0.2) is 0 Å². The number of likely N-dealkylation sites (N-methyl/N-ethyl adjacent to an activating group) is 2. The van der Waals surface area contributed by atoms with E-state index in [-0.39, 0.29) is 11.0 Å². The van der Waals surface area contributed by atoms with E-state index in [0.717, 1.165) is 15.4 Å². The van der Waals surface area contributed by atoms with Crippen LogP contribution in [0.25, 0.3) is 0 Å². The van der Waals surface area contributed by atoms with Crippen molar-refractivity contribution in [1.29, 1.82) is 0 Å². The van der Waals surface area contributed by atoms with Crippen LogP contribution in [0.1, 0.15) is 19.4 Å². The van der Waals surface area contributed by atoms with Crippen LogP contribution in [0.4, 0.5) is 10.5 Å². The molecular weight excluding hydrogens is 378 g/mol. The summed E-state index contributed by atoms with van der Waals surface area (Å²) in [6.45, 7) is 4.42. The van der Waals surface area contributed by atoms with Crippen molar-refractivity contribution in [2.75, 3.05) is 19.0 Å². The lowest BCUT2D eigenvalue weighted by Crippen LogP contribution is -2.52. The van der Waals surface area contributed by atoms with Gasteiger partial charge in [-0.15, -0.1) is 0 Å². The smallest absolute Gasteiger partial charge is 0.320 e. The minimum absolute atomic E-state index is 0.0367. The molecule has 0 bridgehead atoms. The van der Waals surface area contributed by atoms with Crippen LogP contribution in [0.3, 0.4) is 0 Å². The number of hydrogen-bond donors (Lipinski definition) is 0. The second-order valence-corrected chi connectivity index (χ2v) is 8.00. The van der Waals surface area contributed by atoms with Crippen LogP contribution in [-0.4, -0.2) is 41.7 Å². The van der Waals surface area contributed by atoms with Gasteiger partial charge in [-0.1, -0.05) is 50.3 Å². The van der Waals surface area contributed by atoms with Crippen molar-refractivity contribution in [2.24, 2.45) is 0 Å². The van der Waals surface area contributed by atoms with Gasteiger partial charge in [-0.05, 0) is 35.4 Å². The van der Waals surface area contributed by atoms with Crippen LogP contribution in [0.2, 0.25) is 0 Å². The number of barbiturate groups is 1. The maximum atomic E-state index is 12.2. The minimum Gasteiger partial charge on any atom is -0.320 e. The number of anilines is 1. The topological polar surface area (TPSA) is 60.9 Å². The first-order valence-electron chi connectivity index (χ1n) is 9.71. The molecule has 0 atom stereocenters. The summed E-state index contributed by atoms with van der Waals surface area (Å²) in [5, 5.41) is 0. The minimum atomic E-state index is -0.628. The lowest BCUT2D eigenvalue weighted by atomic mass is 9.83. The van der Waals surface area contributed by atoms with Crippen molar-refractivity contribution < 1.29 is 14.4 Å². The van der Waals surface area contributed by atoms with E-state index in [1.165, 1.54) is 37.1 Å². The predicted octanol–water partition coefficient (Wildman–Crippen LogP) is 3.65. The molecule has 1 aromatic carbocycles. The number of nitrogens with zero attached hydrogens (tertiary/aromatic N) is 3. The highest BCUT2D eigenvalue weighted by Gasteiger charge is 2.40. The summed E-state index contributed by atoms with van der Waals surface area (Å²) in [6, 6.07) is 7.77. The lowest BCUT2D eigenvalue weighted by Gasteiger charge is -2.28. The van der Waals surface area contributed by atoms with E-state index >= 15 is 0 Å². The normalized spacial score (nSPS) is 21.5. The maximum absolute atomic E-state index is 12.2. The molecule has 4 amide bonds. The van der Waals surface area contributed by atoms with Gasteiger partial charge in [0, 0.05) is 37.1 Å². The Balaban J connectivity index is 1.57. The number of benzene rings is 1. The highest BCUT2D eigenvalue weighted by Crippen LogP contribution is 2.49. The van der Waals surface area contributed by atoms with Crippen LogP contribution in [0.5, 0.6) is 0 Å². The monoisotopic (exact) mass is 401 g/mol. The molecule has 0 aliphatic carbocycles. The molecule has 0 radical (unpaired) electrons. The first-order valence-corrected chi connectivity index (χ1v) is 9.71. The van der Waals surface area contributed by atoms with E-state index in [2.05, 4.69) is 49.2 Å². The van der Waals surface area contributed by atoms with Crippen molar-refractivity contribution >= 4 is 23.5 Å². The Hall–Kier alpha value is -3.67. The summed E-state index contributed by atoms with van der Waals surface area (Å²) in [4.78, 5) is 40.3. The average molecular weight is 401 g/mol. The van der Waals surface area contributed by atoms with Gasteiger partial charge in [-0.2, -0.15) is 0 Å². The Morgan fingerprint density at radius 3 is 2.23 bits per heavy atom. The molecular formula is C24H23N3O3. The number of urea groups is 1. The van der Waals surface area contributed by atoms with Gasteiger partial charge in [0.25, 0.3) is 11.8 Å². The van der Waals surface area contributed by atoms with Crippen molar-refractivity contribution in [2.45, 2.75) is 19.3 Å². The van der Waals surface area contributed by atoms with E-state index in [1.54, 1.807) is 12.2 Å². The molecule has 30 heavy (non-hydrogen) atoms. The summed E-state index contributed by atoms with van der Waals surface area (Å²) in [6.07, 6.45) is 13.0. The molecule has 1 saturated heterocycles. The Labute approximate surface area is 175 Å². The first kappa shape index (κ1) is 19.6. The van der Waals surface area contributed by atoms with E-state index < -0.39 is 17.8 Å². The molecule has 3 heterocycles. The number of para-hydroxylation sites is 1. The van der Waals surface area contributed by atoms with Crippen molar-refractivity contribution in [3.63, 3.8) is 0 Å². The SMILES string of the molecule is CN1C(=O)C(=C/C=C/C=C2\C=CN3C(=C2)C(C)(C)c2ccccc23)C(=O)N(C)C1=O. The van der Waals surface area contributed by atoms with Crippen molar-refractivity contribution in [3.8, 4) is 0 Å². The zero-order valence-electron chi connectivity index (χ0n) is 17.4. The van der Waals surface area contributed by atoms with Crippen molar-refractivity contribution in [1.82, 2.24) is 9.80 Å². The summed E-state index contributed by atoms with van der Waals surface area (Å²) >= 11 is 0. The van der Waals surface area contributed by atoms with Gasteiger partial charge in [0.2, 0.25) is 0 Å². The number of fused-ring (bicyclic) bond motifs is 3. The molecule has 152 valence electrons. The first-order chi connectivity index (χ1) is 14.2. The summed E-state index contributed by atoms with van der Waals surface area (Å²) in [5.41, 5.74) is 4.56. The third-order valence-corrected chi connectivity index (χ3v) is 5.76. The molecule has 0 saturated carbocycles. The predicted molar refractivity (Wildman–Crippen MR) is 115 cm³/mol. The molecule has 1 aromatic rings. The number of hydrogen-bond acceptors (Lipinski definition) is 4. The van der Waals surface area contributed by atoms with Gasteiger partial charge in [0.1, 0.15) is 5.57 Å². The van der Waals surface area contributed by atoms with Gasteiger partial charge >= 0.3 is 6.03 Å². The highest BCUT2D eigenvalue weighted by molar-refractivity contribution is 6.28. The Bertz CT molecular complexity index is 1090. The molecule has 0 spiro atoms. The molecule has 6 heteroatoms. The van der Waals surface area contributed by atoms with Crippen LogP contribution in [-0.2, 0) is 15.0 Å². The van der Waals surface area contributed by atoms with Crippen molar-refractivity contribution in [3.05, 3.63) is 89.3 Å². The van der Waals surface area contributed by atoms with E-state index in [0.29, 0.717) is 0 Å². The maximum Gasteiger partial charge on any atom is 0.333 e. The molecule has 6 nitrogen and oxygen atoms in total. The van der Waals surface area contributed by atoms with Gasteiger partial charge in [-0.3, -0.25) is 19.4 Å². The number of rotatable bonds is 2. The third kappa shape index (κ3) is 2.92. The summed E-state index contributed by atoms with van der Waals surface area (Å²) in [7, 11) is 2.72. The summed E-state index contributed by atoms with van der Waals surface area (Å²) in [5.74, 6) is -1.19. The molecule has 0 aromatic heterocycles.